The zero-order valence-electron chi connectivity index (χ0n) is 10.3. The van der Waals surface area contributed by atoms with Crippen molar-refractivity contribution >= 4 is 5.91 Å². The molecule has 5 heteroatoms. The van der Waals surface area contributed by atoms with Crippen LogP contribution in [-0.2, 0) is 9.53 Å². The molecule has 5 nitrogen and oxygen atoms in total. The average Bonchev–Trinajstić information content (AvgIpc) is 2.28. The minimum Gasteiger partial charge on any atom is -0.370 e. The van der Waals surface area contributed by atoms with E-state index in [1.807, 2.05) is 11.9 Å². The Balaban J connectivity index is 2.31. The quantitative estimate of drug-likeness (QED) is 0.647. The Morgan fingerprint density at radius 3 is 3.00 bits per heavy atom. The maximum atomic E-state index is 11.8. The number of amides is 1. The molecule has 94 valence electrons. The third-order valence-corrected chi connectivity index (χ3v) is 3.03. The molecule has 1 aliphatic rings. The molecule has 0 aliphatic carbocycles. The fourth-order valence-corrected chi connectivity index (χ4v) is 2.00. The molecule has 1 heterocycles. The lowest BCUT2D eigenvalue weighted by Crippen LogP contribution is -2.48. The molecule has 0 saturated carbocycles. The van der Waals surface area contributed by atoms with E-state index in [0.29, 0.717) is 19.2 Å². The molecule has 1 rings (SSSR count). The molecular formula is C11H23N3O2. The van der Waals surface area contributed by atoms with Crippen molar-refractivity contribution in [2.24, 2.45) is 5.73 Å². The Morgan fingerprint density at radius 2 is 2.38 bits per heavy atom. The predicted molar refractivity (Wildman–Crippen MR) is 63.2 cm³/mol. The fraction of sp³-hybridized carbons (Fsp3) is 0.909. The van der Waals surface area contributed by atoms with Gasteiger partial charge in [0.2, 0.25) is 5.91 Å². The van der Waals surface area contributed by atoms with E-state index in [0.717, 1.165) is 25.9 Å². The van der Waals surface area contributed by atoms with Crippen LogP contribution in [0.2, 0.25) is 0 Å². The molecule has 0 aromatic heterocycles. The molecule has 1 saturated heterocycles. The first-order valence-electron chi connectivity index (χ1n) is 5.87. The molecule has 0 aromatic carbocycles. The second kappa shape index (κ2) is 6.83. The molecule has 16 heavy (non-hydrogen) atoms. The molecule has 0 radical (unpaired) electrons. The molecule has 0 aromatic rings. The van der Waals surface area contributed by atoms with Gasteiger partial charge in [-0.2, -0.15) is 0 Å². The van der Waals surface area contributed by atoms with Crippen molar-refractivity contribution in [2.75, 3.05) is 46.9 Å². The maximum absolute atomic E-state index is 11.8. The second-order valence-electron chi connectivity index (χ2n) is 4.40. The van der Waals surface area contributed by atoms with E-state index in [2.05, 4.69) is 11.9 Å². The highest BCUT2D eigenvalue weighted by molar-refractivity contribution is 5.77. The summed E-state index contributed by atoms with van der Waals surface area (Å²) in [5.74, 6) is 0.0498. The van der Waals surface area contributed by atoms with Gasteiger partial charge in [0.15, 0.2) is 0 Å². The van der Waals surface area contributed by atoms with Crippen molar-refractivity contribution in [3.8, 4) is 0 Å². The van der Waals surface area contributed by atoms with Crippen LogP contribution in [0.25, 0.3) is 0 Å². The number of likely N-dealkylation sites (tertiary alicyclic amines) is 1. The van der Waals surface area contributed by atoms with Gasteiger partial charge in [0.25, 0.3) is 0 Å². The Kier molecular flexibility index (Phi) is 5.73. The minimum absolute atomic E-state index is 0.0498. The number of likely N-dealkylation sites (N-methyl/N-ethyl adjacent to an activating group) is 2. The van der Waals surface area contributed by atoms with E-state index in [4.69, 9.17) is 10.5 Å². The van der Waals surface area contributed by atoms with Crippen LogP contribution in [0.5, 0.6) is 0 Å². The van der Waals surface area contributed by atoms with Crippen LogP contribution in [0.3, 0.4) is 0 Å². The molecule has 1 fully saturated rings. The summed E-state index contributed by atoms with van der Waals surface area (Å²) in [5.41, 5.74) is 5.30. The average molecular weight is 229 g/mol. The summed E-state index contributed by atoms with van der Waals surface area (Å²) in [6.45, 7) is 3.14. The van der Waals surface area contributed by atoms with Gasteiger partial charge in [-0.25, -0.2) is 0 Å². The van der Waals surface area contributed by atoms with Crippen molar-refractivity contribution in [2.45, 2.75) is 18.9 Å². The van der Waals surface area contributed by atoms with Gasteiger partial charge in [0.1, 0.15) is 6.61 Å². The van der Waals surface area contributed by atoms with Gasteiger partial charge in [-0.15, -0.1) is 0 Å². The van der Waals surface area contributed by atoms with E-state index < -0.39 is 0 Å². The normalized spacial score (nSPS) is 22.1. The van der Waals surface area contributed by atoms with Gasteiger partial charge in [-0.1, -0.05) is 0 Å². The monoisotopic (exact) mass is 229 g/mol. The summed E-state index contributed by atoms with van der Waals surface area (Å²) in [6.07, 6.45) is 2.24. The van der Waals surface area contributed by atoms with E-state index in [1.54, 1.807) is 0 Å². The van der Waals surface area contributed by atoms with Gasteiger partial charge in [0, 0.05) is 26.2 Å². The number of nitrogens with two attached hydrogens (primary N) is 1. The van der Waals surface area contributed by atoms with Crippen molar-refractivity contribution < 1.29 is 9.53 Å². The van der Waals surface area contributed by atoms with Crippen LogP contribution in [0, 0.1) is 0 Å². The van der Waals surface area contributed by atoms with Crippen LogP contribution < -0.4 is 5.73 Å². The largest absolute Gasteiger partial charge is 0.370 e. The van der Waals surface area contributed by atoms with Gasteiger partial charge < -0.3 is 20.3 Å². The number of nitrogens with zero attached hydrogens (tertiary/aromatic N) is 2. The summed E-state index contributed by atoms with van der Waals surface area (Å²) in [5, 5.41) is 0. The summed E-state index contributed by atoms with van der Waals surface area (Å²) in [7, 11) is 3.95. The maximum Gasteiger partial charge on any atom is 0.248 e. The van der Waals surface area contributed by atoms with Crippen molar-refractivity contribution in [1.29, 1.82) is 0 Å². The van der Waals surface area contributed by atoms with Crippen molar-refractivity contribution in [3.05, 3.63) is 0 Å². The fourth-order valence-electron chi connectivity index (χ4n) is 2.00. The first-order chi connectivity index (χ1) is 7.65. The van der Waals surface area contributed by atoms with E-state index in [-0.39, 0.29) is 12.5 Å². The topological polar surface area (TPSA) is 58.8 Å². The highest BCUT2D eigenvalue weighted by atomic mass is 16.5. The molecule has 0 spiro atoms. The lowest BCUT2D eigenvalue weighted by molar-refractivity contribution is -0.137. The molecule has 1 amide bonds. The summed E-state index contributed by atoms with van der Waals surface area (Å²) < 4.78 is 5.15. The zero-order chi connectivity index (χ0) is 12.0. The zero-order valence-corrected chi connectivity index (χ0v) is 10.3. The number of rotatable bonds is 5. The number of piperidine rings is 1. The molecule has 1 unspecified atom stereocenters. The van der Waals surface area contributed by atoms with E-state index in [9.17, 15) is 4.79 Å². The third kappa shape index (κ3) is 4.08. The highest BCUT2D eigenvalue weighted by Crippen LogP contribution is 2.13. The third-order valence-electron chi connectivity index (χ3n) is 3.03. The summed E-state index contributed by atoms with van der Waals surface area (Å²) in [6, 6.07) is 0.327. The van der Waals surface area contributed by atoms with Gasteiger partial charge in [-0.05, 0) is 26.4 Å². The Labute approximate surface area is 97.5 Å². The van der Waals surface area contributed by atoms with Crippen LogP contribution in [0.15, 0.2) is 0 Å². The van der Waals surface area contributed by atoms with Crippen LogP contribution in [0.4, 0.5) is 0 Å². The van der Waals surface area contributed by atoms with Gasteiger partial charge in [0.05, 0.1) is 6.61 Å². The number of carbonyl (C=O) groups is 1. The van der Waals surface area contributed by atoms with Crippen LogP contribution in [0.1, 0.15) is 12.8 Å². The molecule has 0 bridgehead atoms. The number of carbonyl (C=O) groups excluding carboxylic acids is 1. The second-order valence-corrected chi connectivity index (χ2v) is 4.40. The van der Waals surface area contributed by atoms with Crippen LogP contribution >= 0.6 is 0 Å². The Morgan fingerprint density at radius 1 is 1.62 bits per heavy atom. The number of hydrogen-bond donors (Lipinski definition) is 1. The summed E-state index contributed by atoms with van der Waals surface area (Å²) in [4.78, 5) is 15.8. The van der Waals surface area contributed by atoms with E-state index in [1.165, 1.54) is 0 Å². The molecule has 1 atom stereocenters. The predicted octanol–water partition coefficient (Wildman–Crippen LogP) is -0.486. The standard InChI is InChI=1S/C11H23N3O2/c1-13-6-3-4-10(8-13)14(2)11(15)9-16-7-5-12/h10H,3-9,12H2,1-2H3. The molecular weight excluding hydrogens is 206 g/mol. The first-order valence-corrected chi connectivity index (χ1v) is 5.87. The Hall–Kier alpha value is -0.650. The smallest absolute Gasteiger partial charge is 0.248 e. The van der Waals surface area contributed by atoms with Crippen molar-refractivity contribution in [1.82, 2.24) is 9.80 Å². The number of hydrogen-bond acceptors (Lipinski definition) is 4. The number of ether oxygens (including phenoxy) is 1. The lowest BCUT2D eigenvalue weighted by Gasteiger charge is -2.35. The van der Waals surface area contributed by atoms with Gasteiger partial charge in [-0.3, -0.25) is 4.79 Å². The SMILES string of the molecule is CN1CCCC(N(C)C(=O)COCCN)C1. The highest BCUT2D eigenvalue weighted by Gasteiger charge is 2.24. The van der Waals surface area contributed by atoms with Gasteiger partial charge >= 0.3 is 0 Å². The summed E-state index contributed by atoms with van der Waals surface area (Å²) >= 11 is 0. The minimum atomic E-state index is 0.0498. The van der Waals surface area contributed by atoms with Crippen molar-refractivity contribution in [3.63, 3.8) is 0 Å². The Bertz CT molecular complexity index is 223. The van der Waals surface area contributed by atoms with Crippen LogP contribution in [-0.4, -0.2) is 68.7 Å². The van der Waals surface area contributed by atoms with E-state index >= 15 is 0 Å². The molecule has 2 N–H and O–H groups in total. The lowest BCUT2D eigenvalue weighted by atomic mass is 10.1. The first kappa shape index (κ1) is 13.4. The molecule has 1 aliphatic heterocycles.